The van der Waals surface area contributed by atoms with E-state index in [0.717, 1.165) is 18.6 Å². The van der Waals surface area contributed by atoms with E-state index in [9.17, 15) is 13.2 Å². The molecule has 2 aromatic rings. The summed E-state index contributed by atoms with van der Waals surface area (Å²) in [6.45, 7) is 2.25. The van der Waals surface area contributed by atoms with Crippen molar-refractivity contribution in [3.05, 3.63) is 48.0 Å². The molecule has 0 aliphatic carbocycles. The monoisotopic (exact) mass is 578 g/mol. The van der Waals surface area contributed by atoms with Gasteiger partial charge in [-0.3, -0.25) is 4.72 Å². The molecule has 2 aromatic carbocycles. The number of nitrogens with one attached hydrogen (secondary N) is 1. The zero-order chi connectivity index (χ0) is 29.6. The van der Waals surface area contributed by atoms with Crippen molar-refractivity contribution in [1.29, 1.82) is 0 Å². The Balaban J connectivity index is 0.000000603. The summed E-state index contributed by atoms with van der Waals surface area (Å²) in [5, 5.41) is 8.97. The summed E-state index contributed by atoms with van der Waals surface area (Å²) in [7, 11) is -0.256. The third kappa shape index (κ3) is 16.2. The molecule has 8 nitrogen and oxygen atoms in total. The predicted molar refractivity (Wildman–Crippen MR) is 165 cm³/mol. The van der Waals surface area contributed by atoms with Gasteiger partial charge in [-0.1, -0.05) is 96.5 Å². The van der Waals surface area contributed by atoms with Crippen molar-refractivity contribution < 1.29 is 27.8 Å². The van der Waals surface area contributed by atoms with Crippen LogP contribution in [0.25, 0.3) is 0 Å². The van der Waals surface area contributed by atoms with Crippen LogP contribution >= 0.6 is 0 Å². The second-order valence-electron chi connectivity index (χ2n) is 10.0. The van der Waals surface area contributed by atoms with E-state index in [0.29, 0.717) is 23.5 Å². The van der Waals surface area contributed by atoms with Gasteiger partial charge in [0.05, 0.1) is 31.2 Å². The number of hydrogen-bond acceptors (Lipinski definition) is 6. The summed E-state index contributed by atoms with van der Waals surface area (Å²) >= 11 is 0. The van der Waals surface area contributed by atoms with Gasteiger partial charge in [0.15, 0.2) is 0 Å². The topological polar surface area (TPSA) is 128 Å². The minimum atomic E-state index is -3.44. The van der Waals surface area contributed by atoms with Crippen LogP contribution in [0.1, 0.15) is 107 Å². The molecule has 40 heavy (non-hydrogen) atoms. The van der Waals surface area contributed by atoms with Crippen LogP contribution in [0, 0.1) is 0 Å². The van der Waals surface area contributed by atoms with Gasteiger partial charge < -0.3 is 20.3 Å². The molecule has 0 aliphatic rings. The second-order valence-corrected chi connectivity index (χ2v) is 11.9. The van der Waals surface area contributed by atoms with Crippen LogP contribution < -0.4 is 19.9 Å². The SMILES string of the molecule is CCCCCCCCCCCCCCCCS(=O)(=O)Nc1cccc(C(=O)O)c1.COc1ccc(OC)c(N)c1. The summed E-state index contributed by atoms with van der Waals surface area (Å²) in [5.41, 5.74) is 6.56. The third-order valence-corrected chi connectivity index (χ3v) is 7.96. The molecule has 0 amide bonds. The maximum atomic E-state index is 12.1. The highest BCUT2D eigenvalue weighted by atomic mass is 32.2. The number of ether oxygens (including phenoxy) is 2. The lowest BCUT2D eigenvalue weighted by Crippen LogP contribution is -2.17. The number of hydrogen-bond donors (Lipinski definition) is 3. The number of carboxylic acid groups (broad SMARTS) is 1. The van der Waals surface area contributed by atoms with Gasteiger partial charge in [-0.05, 0) is 36.8 Å². The minimum Gasteiger partial charge on any atom is -0.497 e. The first kappa shape index (κ1) is 35.1. The van der Waals surface area contributed by atoms with Crippen LogP contribution in [0.15, 0.2) is 42.5 Å². The van der Waals surface area contributed by atoms with Crippen molar-refractivity contribution in [3.63, 3.8) is 0 Å². The van der Waals surface area contributed by atoms with Gasteiger partial charge >= 0.3 is 5.97 Å². The first-order valence-corrected chi connectivity index (χ1v) is 16.2. The van der Waals surface area contributed by atoms with Crippen LogP contribution in [-0.4, -0.2) is 39.5 Å². The molecule has 4 N–H and O–H groups in total. The molecule has 0 fully saturated rings. The van der Waals surface area contributed by atoms with Crippen molar-refractivity contribution in [2.24, 2.45) is 0 Å². The summed E-state index contributed by atoms with van der Waals surface area (Å²) in [6, 6.07) is 11.2. The lowest BCUT2D eigenvalue weighted by atomic mass is 10.0. The van der Waals surface area contributed by atoms with Crippen LogP contribution in [0.4, 0.5) is 11.4 Å². The number of sulfonamides is 1. The van der Waals surface area contributed by atoms with Gasteiger partial charge in [-0.2, -0.15) is 0 Å². The highest BCUT2D eigenvalue weighted by molar-refractivity contribution is 7.92. The molecular formula is C31H50N2O6S. The Morgan fingerprint density at radius 1 is 0.800 bits per heavy atom. The average Bonchev–Trinajstić information content (AvgIpc) is 2.93. The highest BCUT2D eigenvalue weighted by Gasteiger charge is 2.11. The molecule has 0 saturated carbocycles. The summed E-state index contributed by atoms with van der Waals surface area (Å²) < 4.78 is 36.7. The first-order valence-electron chi connectivity index (χ1n) is 14.5. The van der Waals surface area contributed by atoms with Crippen molar-refractivity contribution in [2.45, 2.75) is 96.8 Å². The Kier molecular flexibility index (Phi) is 18.3. The first-order chi connectivity index (χ1) is 19.2. The van der Waals surface area contributed by atoms with Gasteiger partial charge in [-0.25, -0.2) is 13.2 Å². The van der Waals surface area contributed by atoms with E-state index in [-0.39, 0.29) is 11.3 Å². The Labute approximate surface area is 241 Å². The number of rotatable bonds is 20. The van der Waals surface area contributed by atoms with Crippen LogP contribution in [0.3, 0.4) is 0 Å². The Hall–Kier alpha value is -2.94. The molecule has 0 saturated heterocycles. The maximum absolute atomic E-state index is 12.1. The van der Waals surface area contributed by atoms with E-state index in [1.807, 2.05) is 0 Å². The van der Waals surface area contributed by atoms with Crippen molar-refractivity contribution >= 4 is 27.4 Å². The van der Waals surface area contributed by atoms with E-state index in [1.54, 1.807) is 38.5 Å². The molecule has 0 aromatic heterocycles. The summed E-state index contributed by atoms with van der Waals surface area (Å²) in [5.74, 6) is 0.412. The molecule has 226 valence electrons. The molecule has 0 bridgehead atoms. The average molecular weight is 579 g/mol. The Morgan fingerprint density at radius 3 is 1.82 bits per heavy atom. The number of anilines is 2. The molecule has 0 atom stereocenters. The summed E-state index contributed by atoms with van der Waals surface area (Å²) in [4.78, 5) is 11.0. The van der Waals surface area contributed by atoms with Crippen molar-refractivity contribution in [2.75, 3.05) is 30.4 Å². The normalized spacial score (nSPS) is 10.9. The zero-order valence-corrected chi connectivity index (χ0v) is 25.4. The highest BCUT2D eigenvalue weighted by Crippen LogP contribution is 2.25. The zero-order valence-electron chi connectivity index (χ0n) is 24.6. The third-order valence-electron chi connectivity index (χ3n) is 6.59. The van der Waals surface area contributed by atoms with E-state index < -0.39 is 16.0 Å². The fourth-order valence-corrected chi connectivity index (χ4v) is 5.44. The molecular weight excluding hydrogens is 528 g/mol. The quantitative estimate of drug-likeness (QED) is 0.108. The fourth-order valence-electron chi connectivity index (χ4n) is 4.27. The van der Waals surface area contributed by atoms with E-state index in [1.165, 1.54) is 88.8 Å². The lowest BCUT2D eigenvalue weighted by molar-refractivity contribution is 0.0697. The Bertz CT molecular complexity index is 1080. The smallest absolute Gasteiger partial charge is 0.335 e. The van der Waals surface area contributed by atoms with E-state index in [4.69, 9.17) is 20.3 Å². The number of unbranched alkanes of at least 4 members (excludes halogenated alkanes) is 13. The number of aromatic carboxylic acids is 1. The van der Waals surface area contributed by atoms with Gasteiger partial charge in [0.2, 0.25) is 10.0 Å². The van der Waals surface area contributed by atoms with Gasteiger partial charge in [0.25, 0.3) is 0 Å². The van der Waals surface area contributed by atoms with Crippen molar-refractivity contribution in [1.82, 2.24) is 0 Å². The Morgan fingerprint density at radius 2 is 1.35 bits per heavy atom. The van der Waals surface area contributed by atoms with Gasteiger partial charge in [-0.15, -0.1) is 0 Å². The molecule has 0 aliphatic heterocycles. The van der Waals surface area contributed by atoms with Crippen LogP contribution in [0.5, 0.6) is 11.5 Å². The fraction of sp³-hybridized carbons (Fsp3) is 0.581. The second kappa shape index (κ2) is 20.9. The molecule has 9 heteroatoms. The predicted octanol–water partition coefficient (Wildman–Crippen LogP) is 7.89. The van der Waals surface area contributed by atoms with Gasteiger partial charge in [0, 0.05) is 11.8 Å². The van der Waals surface area contributed by atoms with Crippen molar-refractivity contribution in [3.8, 4) is 11.5 Å². The number of benzene rings is 2. The molecule has 2 rings (SSSR count). The van der Waals surface area contributed by atoms with Gasteiger partial charge in [0.1, 0.15) is 11.5 Å². The standard InChI is InChI=1S/C23H39NO4S.C8H11NO2/c1-2-3-4-5-6-7-8-9-10-11-12-13-14-15-19-29(27,28)24-22-18-16-17-21(20-22)23(25)26;1-10-6-3-4-8(11-2)7(9)5-6/h16-18,20,24H,2-15,19H2,1H3,(H,25,26);3-5H,9H2,1-2H3. The minimum absolute atomic E-state index is 0.0710. The largest absolute Gasteiger partial charge is 0.497 e. The van der Waals surface area contributed by atoms with Crippen LogP contribution in [0.2, 0.25) is 0 Å². The lowest BCUT2D eigenvalue weighted by Gasteiger charge is -2.08. The molecule has 0 radical (unpaired) electrons. The number of methoxy groups -OCH3 is 2. The molecule has 0 heterocycles. The molecule has 0 spiro atoms. The van der Waals surface area contributed by atoms with E-state index in [2.05, 4.69) is 11.6 Å². The number of nitrogen functional groups attached to an aromatic ring is 1. The van der Waals surface area contributed by atoms with Crippen LogP contribution in [-0.2, 0) is 10.0 Å². The number of nitrogens with two attached hydrogens (primary N) is 1. The maximum Gasteiger partial charge on any atom is 0.335 e. The number of carboxylic acids is 1. The summed E-state index contributed by atoms with van der Waals surface area (Å²) in [6.07, 6.45) is 17.2. The molecule has 0 unspecified atom stereocenters. The number of carbonyl (C=O) groups is 1. The van der Waals surface area contributed by atoms with E-state index >= 15 is 0 Å².